The van der Waals surface area contributed by atoms with Gasteiger partial charge in [-0.1, -0.05) is 12.1 Å². The second kappa shape index (κ2) is 4.98. The molecule has 1 aromatic carbocycles. The van der Waals surface area contributed by atoms with E-state index in [0.717, 1.165) is 35.9 Å². The zero-order chi connectivity index (χ0) is 15.1. The van der Waals surface area contributed by atoms with Crippen LogP contribution in [0.2, 0.25) is 0 Å². The average molecular weight is 297 g/mol. The standard InChI is InChI=1S/C16H15N3O3/c1-21-16(20)11-6-4-8-19(11)15-14-13(17-9-18-15)10-5-2-3-7-12(10)22-14/h2-3,5,7,9,11H,4,6,8H2,1H3/t11-/m0/s1. The fraction of sp³-hybridized carbons (Fsp3) is 0.312. The van der Waals surface area contributed by atoms with Gasteiger partial charge in [0.1, 0.15) is 23.5 Å². The minimum atomic E-state index is -0.309. The molecule has 0 aliphatic carbocycles. The molecule has 0 unspecified atom stereocenters. The Labute approximate surface area is 126 Å². The highest BCUT2D eigenvalue weighted by Gasteiger charge is 2.34. The fourth-order valence-electron chi connectivity index (χ4n) is 3.12. The van der Waals surface area contributed by atoms with Crippen LogP contribution < -0.4 is 4.90 Å². The zero-order valence-electron chi connectivity index (χ0n) is 12.2. The summed E-state index contributed by atoms with van der Waals surface area (Å²) in [6.07, 6.45) is 3.20. The van der Waals surface area contributed by atoms with E-state index in [2.05, 4.69) is 9.97 Å². The highest BCUT2D eigenvalue weighted by molar-refractivity contribution is 6.06. The second-order valence-electron chi connectivity index (χ2n) is 5.35. The first-order chi connectivity index (χ1) is 10.8. The van der Waals surface area contributed by atoms with Crippen LogP contribution in [-0.2, 0) is 9.53 Å². The molecule has 1 saturated heterocycles. The van der Waals surface area contributed by atoms with Crippen LogP contribution in [0.4, 0.5) is 5.82 Å². The normalized spacial score (nSPS) is 18.2. The Kier molecular flexibility index (Phi) is 2.96. The average Bonchev–Trinajstić information content (AvgIpc) is 3.18. The third kappa shape index (κ3) is 1.83. The van der Waals surface area contributed by atoms with E-state index in [1.165, 1.54) is 13.4 Å². The van der Waals surface area contributed by atoms with Crippen LogP contribution in [0.15, 0.2) is 35.0 Å². The number of fused-ring (bicyclic) bond motifs is 3. The molecule has 2 aromatic heterocycles. The van der Waals surface area contributed by atoms with Gasteiger partial charge in [0.05, 0.1) is 7.11 Å². The Balaban J connectivity index is 1.89. The zero-order valence-corrected chi connectivity index (χ0v) is 12.2. The van der Waals surface area contributed by atoms with E-state index in [9.17, 15) is 4.79 Å². The summed E-state index contributed by atoms with van der Waals surface area (Å²) < 4.78 is 10.8. The number of hydrogen-bond acceptors (Lipinski definition) is 6. The molecule has 6 nitrogen and oxygen atoms in total. The number of rotatable bonds is 2. The molecule has 0 bridgehead atoms. The van der Waals surface area contributed by atoms with Crippen molar-refractivity contribution in [2.45, 2.75) is 18.9 Å². The van der Waals surface area contributed by atoms with Gasteiger partial charge in [0, 0.05) is 11.9 Å². The largest absolute Gasteiger partial charge is 0.467 e. The van der Waals surface area contributed by atoms with Gasteiger partial charge < -0.3 is 14.1 Å². The minimum Gasteiger partial charge on any atom is -0.467 e. The molecule has 1 aliphatic rings. The monoisotopic (exact) mass is 297 g/mol. The van der Waals surface area contributed by atoms with E-state index < -0.39 is 0 Å². The quantitative estimate of drug-likeness (QED) is 0.677. The lowest BCUT2D eigenvalue weighted by Crippen LogP contribution is -2.37. The van der Waals surface area contributed by atoms with Crippen LogP contribution in [0, 0.1) is 0 Å². The van der Waals surface area contributed by atoms with Crippen LogP contribution in [0.1, 0.15) is 12.8 Å². The molecular weight excluding hydrogens is 282 g/mol. The number of para-hydroxylation sites is 1. The third-order valence-corrected chi connectivity index (χ3v) is 4.14. The summed E-state index contributed by atoms with van der Waals surface area (Å²) in [6, 6.07) is 7.44. The number of benzene rings is 1. The molecule has 3 aromatic rings. The Morgan fingerprint density at radius 3 is 3.09 bits per heavy atom. The fourth-order valence-corrected chi connectivity index (χ4v) is 3.12. The first kappa shape index (κ1) is 13.1. The van der Waals surface area contributed by atoms with E-state index in [4.69, 9.17) is 9.15 Å². The Hall–Kier alpha value is -2.63. The molecule has 0 spiro atoms. The Morgan fingerprint density at radius 2 is 2.23 bits per heavy atom. The summed E-state index contributed by atoms with van der Waals surface area (Å²) in [5, 5.41) is 0.954. The van der Waals surface area contributed by atoms with Gasteiger partial charge in [-0.2, -0.15) is 0 Å². The molecule has 3 heterocycles. The summed E-state index contributed by atoms with van der Waals surface area (Å²) in [4.78, 5) is 22.6. The predicted octanol–water partition coefficient (Wildman–Crippen LogP) is 2.52. The van der Waals surface area contributed by atoms with Gasteiger partial charge in [-0.25, -0.2) is 14.8 Å². The molecule has 0 amide bonds. The number of furan rings is 1. The highest BCUT2D eigenvalue weighted by Crippen LogP contribution is 2.35. The SMILES string of the molecule is COC(=O)[C@@H]1CCCN1c1ncnc2c1oc1ccccc12. The lowest BCUT2D eigenvalue weighted by Gasteiger charge is -2.23. The number of esters is 1. The van der Waals surface area contributed by atoms with Crippen LogP contribution in [0.5, 0.6) is 0 Å². The van der Waals surface area contributed by atoms with Gasteiger partial charge in [0.15, 0.2) is 11.4 Å². The number of aromatic nitrogens is 2. The first-order valence-electron chi connectivity index (χ1n) is 7.26. The molecule has 6 heteroatoms. The van der Waals surface area contributed by atoms with E-state index in [1.54, 1.807) is 0 Å². The number of methoxy groups -OCH3 is 1. The minimum absolute atomic E-state index is 0.236. The summed E-state index contributed by atoms with van der Waals surface area (Å²) >= 11 is 0. The maximum Gasteiger partial charge on any atom is 0.328 e. The number of nitrogens with zero attached hydrogens (tertiary/aromatic N) is 3. The van der Waals surface area contributed by atoms with Gasteiger partial charge >= 0.3 is 5.97 Å². The number of ether oxygens (including phenoxy) is 1. The topological polar surface area (TPSA) is 68.5 Å². The van der Waals surface area contributed by atoms with Crippen molar-refractivity contribution in [1.82, 2.24) is 9.97 Å². The van der Waals surface area contributed by atoms with Crippen molar-refractivity contribution in [2.75, 3.05) is 18.6 Å². The van der Waals surface area contributed by atoms with Crippen LogP contribution >= 0.6 is 0 Å². The summed E-state index contributed by atoms with van der Waals surface area (Å²) in [7, 11) is 1.41. The lowest BCUT2D eigenvalue weighted by molar-refractivity contribution is -0.141. The Morgan fingerprint density at radius 1 is 1.36 bits per heavy atom. The van der Waals surface area contributed by atoms with Crippen molar-refractivity contribution >= 4 is 33.9 Å². The molecule has 112 valence electrons. The molecule has 4 rings (SSSR count). The molecule has 1 aliphatic heterocycles. The van der Waals surface area contributed by atoms with Gasteiger partial charge in [0.2, 0.25) is 0 Å². The number of anilines is 1. The van der Waals surface area contributed by atoms with Crippen molar-refractivity contribution in [3.05, 3.63) is 30.6 Å². The molecule has 0 saturated carbocycles. The van der Waals surface area contributed by atoms with Crippen molar-refractivity contribution in [2.24, 2.45) is 0 Å². The van der Waals surface area contributed by atoms with E-state index in [0.29, 0.717) is 11.4 Å². The molecule has 22 heavy (non-hydrogen) atoms. The van der Waals surface area contributed by atoms with E-state index >= 15 is 0 Å². The first-order valence-corrected chi connectivity index (χ1v) is 7.26. The third-order valence-electron chi connectivity index (χ3n) is 4.14. The number of carbonyl (C=O) groups is 1. The maximum absolute atomic E-state index is 12.0. The van der Waals surface area contributed by atoms with Gasteiger partial charge in [0.25, 0.3) is 0 Å². The molecule has 1 atom stereocenters. The molecule has 1 fully saturated rings. The van der Waals surface area contributed by atoms with Crippen LogP contribution in [0.3, 0.4) is 0 Å². The summed E-state index contributed by atoms with van der Waals surface area (Å²) in [5.74, 6) is 0.425. The number of hydrogen-bond donors (Lipinski definition) is 0. The van der Waals surface area contributed by atoms with Crippen LogP contribution in [0.25, 0.3) is 22.1 Å². The van der Waals surface area contributed by atoms with Crippen molar-refractivity contribution in [1.29, 1.82) is 0 Å². The number of carbonyl (C=O) groups excluding carboxylic acids is 1. The van der Waals surface area contributed by atoms with Gasteiger partial charge in [-0.05, 0) is 25.0 Å². The van der Waals surface area contributed by atoms with Crippen molar-refractivity contribution < 1.29 is 13.9 Å². The van der Waals surface area contributed by atoms with Gasteiger partial charge in [-0.15, -0.1) is 0 Å². The van der Waals surface area contributed by atoms with Crippen molar-refractivity contribution in [3.63, 3.8) is 0 Å². The highest BCUT2D eigenvalue weighted by atomic mass is 16.5. The van der Waals surface area contributed by atoms with E-state index in [-0.39, 0.29) is 12.0 Å². The van der Waals surface area contributed by atoms with Crippen LogP contribution in [-0.4, -0.2) is 35.6 Å². The second-order valence-corrected chi connectivity index (χ2v) is 5.35. The smallest absolute Gasteiger partial charge is 0.328 e. The predicted molar refractivity (Wildman–Crippen MR) is 81.7 cm³/mol. The van der Waals surface area contributed by atoms with Gasteiger partial charge in [-0.3, -0.25) is 0 Å². The maximum atomic E-state index is 12.0. The molecule has 0 radical (unpaired) electrons. The lowest BCUT2D eigenvalue weighted by atomic mass is 10.2. The summed E-state index contributed by atoms with van der Waals surface area (Å²) in [6.45, 7) is 0.753. The van der Waals surface area contributed by atoms with E-state index in [1.807, 2.05) is 29.2 Å². The molecular formula is C16H15N3O3. The molecule has 0 N–H and O–H groups in total. The summed E-state index contributed by atoms with van der Waals surface area (Å²) in [5.41, 5.74) is 2.17. The van der Waals surface area contributed by atoms with Crippen molar-refractivity contribution in [3.8, 4) is 0 Å². The Bertz CT molecular complexity index is 858.